The highest BCUT2D eigenvalue weighted by molar-refractivity contribution is 5.92. The number of carbonyl (C=O) groups excluding carboxylic acids is 5. The Bertz CT molecular complexity index is 2200. The highest BCUT2D eigenvalue weighted by Gasteiger charge is 2.38. The van der Waals surface area contributed by atoms with Crippen molar-refractivity contribution in [1.82, 2.24) is 21.3 Å². The monoisotopic (exact) mass is 878 g/mol. The van der Waals surface area contributed by atoms with Gasteiger partial charge < -0.3 is 30.7 Å². The molecule has 5 aromatic carbocycles. The van der Waals surface area contributed by atoms with E-state index in [1.807, 2.05) is 186 Å². The number of rotatable bonds is 21. The van der Waals surface area contributed by atoms with Gasteiger partial charge in [-0.05, 0) is 52.0 Å². The van der Waals surface area contributed by atoms with Crippen LogP contribution < -0.4 is 21.3 Å². The van der Waals surface area contributed by atoms with Crippen molar-refractivity contribution in [3.8, 4) is 0 Å². The van der Waals surface area contributed by atoms with Crippen LogP contribution in [0.2, 0.25) is 0 Å². The Kier molecular flexibility index (Phi) is 18.2. The zero-order valence-electron chi connectivity index (χ0n) is 38.0. The average Bonchev–Trinajstić information content (AvgIpc) is 3.31. The second-order valence-electron chi connectivity index (χ2n) is 17.7. The minimum Gasteiger partial charge on any atom is -0.462 e. The van der Waals surface area contributed by atoms with E-state index < -0.39 is 47.5 Å². The van der Waals surface area contributed by atoms with Gasteiger partial charge in [0.05, 0.1) is 6.61 Å². The van der Waals surface area contributed by atoms with Crippen LogP contribution in [0.25, 0.3) is 0 Å². The molecule has 0 aromatic heterocycles. The lowest BCUT2D eigenvalue weighted by Crippen LogP contribution is -2.55. The molecule has 5 rings (SSSR count). The molecular weight excluding hydrogens is 817 g/mol. The van der Waals surface area contributed by atoms with Crippen LogP contribution >= 0.6 is 0 Å². The molecule has 0 aliphatic heterocycles. The Morgan fingerprint density at radius 3 is 1.55 bits per heavy atom. The molecule has 0 saturated heterocycles. The molecule has 5 aromatic rings. The summed E-state index contributed by atoms with van der Waals surface area (Å²) in [6.07, 6.45) is 2.43. The lowest BCUT2D eigenvalue weighted by Gasteiger charge is -2.37. The summed E-state index contributed by atoms with van der Waals surface area (Å²) < 4.78 is 10.9. The van der Waals surface area contributed by atoms with Crippen molar-refractivity contribution in [2.75, 3.05) is 6.61 Å². The number of hydrogen-bond acceptors (Lipinski definition) is 7. The Morgan fingerprint density at radius 1 is 0.585 bits per heavy atom. The number of esters is 1. The smallest absolute Gasteiger partial charge is 0.408 e. The molecule has 0 fully saturated rings. The molecule has 11 heteroatoms. The first-order valence-corrected chi connectivity index (χ1v) is 22.2. The van der Waals surface area contributed by atoms with E-state index in [1.165, 1.54) is 12.2 Å². The predicted molar refractivity (Wildman–Crippen MR) is 253 cm³/mol. The van der Waals surface area contributed by atoms with Crippen LogP contribution in [0, 0.1) is 11.3 Å². The van der Waals surface area contributed by atoms with Crippen LogP contribution in [-0.2, 0) is 47.2 Å². The van der Waals surface area contributed by atoms with Gasteiger partial charge in [-0.1, -0.05) is 192 Å². The van der Waals surface area contributed by atoms with E-state index in [1.54, 1.807) is 0 Å². The fraction of sp³-hybridized carbons (Fsp3) is 0.315. The molecule has 0 aliphatic rings. The highest BCUT2D eigenvalue weighted by Crippen LogP contribution is 2.37. The summed E-state index contributed by atoms with van der Waals surface area (Å²) in [7, 11) is 0. The molecule has 0 radical (unpaired) electrons. The quantitative estimate of drug-likeness (QED) is 0.0328. The van der Waals surface area contributed by atoms with Gasteiger partial charge in [0.1, 0.15) is 24.2 Å². The fourth-order valence-corrected chi connectivity index (χ4v) is 7.31. The SMILES string of the molecule is CC(C)C[C@H](NC(=O)OCc1ccccc1)C(=O)N[C@@H](Cc1ccccc1)C(=O)N[C@H](/C=C/C(=O)OCC(C)(C)C)CCC(=O)NC(c1ccccc1)(c1ccccc1)c1ccccc1. The van der Waals surface area contributed by atoms with Crippen molar-refractivity contribution in [3.63, 3.8) is 0 Å². The minimum absolute atomic E-state index is 0.00434. The summed E-state index contributed by atoms with van der Waals surface area (Å²) in [5.41, 5.74) is 2.79. The Labute approximate surface area is 383 Å². The largest absolute Gasteiger partial charge is 0.462 e. The van der Waals surface area contributed by atoms with Gasteiger partial charge in [-0.25, -0.2) is 9.59 Å². The zero-order valence-corrected chi connectivity index (χ0v) is 38.0. The molecule has 0 spiro atoms. The van der Waals surface area contributed by atoms with Crippen molar-refractivity contribution >= 4 is 29.8 Å². The maximum Gasteiger partial charge on any atom is 0.408 e. The fourth-order valence-electron chi connectivity index (χ4n) is 7.31. The van der Waals surface area contributed by atoms with Crippen LogP contribution in [0.5, 0.6) is 0 Å². The van der Waals surface area contributed by atoms with Gasteiger partial charge in [0, 0.05) is 25.0 Å². The van der Waals surface area contributed by atoms with Crippen LogP contribution in [0.1, 0.15) is 81.7 Å². The molecule has 4 N–H and O–H groups in total. The molecule has 0 heterocycles. The molecular formula is C54H62N4O7. The van der Waals surface area contributed by atoms with Gasteiger partial charge >= 0.3 is 12.1 Å². The van der Waals surface area contributed by atoms with E-state index in [-0.39, 0.29) is 56.1 Å². The lowest BCUT2D eigenvalue weighted by molar-refractivity contribution is -0.140. The third kappa shape index (κ3) is 15.6. The summed E-state index contributed by atoms with van der Waals surface area (Å²) in [6, 6.07) is 44.7. The lowest BCUT2D eigenvalue weighted by atomic mass is 9.77. The molecule has 0 unspecified atom stereocenters. The molecule has 3 atom stereocenters. The Morgan fingerprint density at radius 2 is 1.06 bits per heavy atom. The molecule has 0 bridgehead atoms. The van der Waals surface area contributed by atoms with Crippen molar-refractivity contribution in [2.45, 2.75) is 90.6 Å². The van der Waals surface area contributed by atoms with Crippen molar-refractivity contribution in [2.24, 2.45) is 11.3 Å². The number of carbonyl (C=O) groups is 5. The van der Waals surface area contributed by atoms with Gasteiger partial charge in [0.2, 0.25) is 17.7 Å². The van der Waals surface area contributed by atoms with Gasteiger partial charge in [0.15, 0.2) is 0 Å². The predicted octanol–water partition coefficient (Wildman–Crippen LogP) is 8.57. The number of nitrogens with one attached hydrogen (secondary N) is 4. The second-order valence-corrected chi connectivity index (χ2v) is 17.7. The van der Waals surface area contributed by atoms with Crippen molar-refractivity contribution < 1.29 is 33.4 Å². The number of benzene rings is 5. The number of alkyl carbamates (subject to hydrolysis) is 1. The van der Waals surface area contributed by atoms with Crippen molar-refractivity contribution in [1.29, 1.82) is 0 Å². The van der Waals surface area contributed by atoms with Crippen LogP contribution in [0.3, 0.4) is 0 Å². The third-order valence-corrected chi connectivity index (χ3v) is 10.5. The summed E-state index contributed by atoms with van der Waals surface area (Å²) in [5.74, 6) is -2.02. The van der Waals surface area contributed by atoms with E-state index in [0.717, 1.165) is 27.8 Å². The molecule has 11 nitrogen and oxygen atoms in total. The van der Waals surface area contributed by atoms with Crippen LogP contribution in [0.15, 0.2) is 164 Å². The van der Waals surface area contributed by atoms with Gasteiger partial charge in [-0.15, -0.1) is 0 Å². The van der Waals surface area contributed by atoms with Gasteiger partial charge in [-0.2, -0.15) is 0 Å². The van der Waals surface area contributed by atoms with E-state index >= 15 is 0 Å². The standard InChI is InChI=1S/C54H62N4O7/c1-39(2)35-46(57-52(63)64-37-41-23-13-7-14-24-41)51(62)56-47(36-40-21-11-6-12-22-40)50(61)55-45(32-34-49(60)65-38-53(3,4)5)31-33-48(59)58-54(42-25-15-8-16-26-42,43-27-17-9-18-28-43)44-29-19-10-20-30-44/h6-30,32,34,39,45-47H,31,33,35-38H2,1-5H3,(H,55,61)(H,56,62)(H,57,63)(H,58,59)/b34-32+/t45-,46-,47-/m0/s1. The molecule has 0 aliphatic carbocycles. The first-order valence-electron chi connectivity index (χ1n) is 22.2. The second kappa shape index (κ2) is 24.2. The number of amides is 4. The Hall–Kier alpha value is -7.01. The van der Waals surface area contributed by atoms with Crippen LogP contribution in [-0.4, -0.2) is 54.5 Å². The van der Waals surface area contributed by atoms with E-state index in [2.05, 4.69) is 21.3 Å². The maximum absolute atomic E-state index is 14.5. The first kappa shape index (κ1) is 49.0. The van der Waals surface area contributed by atoms with Gasteiger partial charge in [-0.3, -0.25) is 14.4 Å². The van der Waals surface area contributed by atoms with E-state index in [0.29, 0.717) is 0 Å². The average molecular weight is 879 g/mol. The Balaban J connectivity index is 1.40. The normalized spacial score (nSPS) is 13.0. The summed E-state index contributed by atoms with van der Waals surface area (Å²) >= 11 is 0. The van der Waals surface area contributed by atoms with E-state index in [9.17, 15) is 24.0 Å². The third-order valence-electron chi connectivity index (χ3n) is 10.5. The van der Waals surface area contributed by atoms with Crippen molar-refractivity contribution in [3.05, 3.63) is 192 Å². The zero-order chi connectivity index (χ0) is 46.7. The van der Waals surface area contributed by atoms with Gasteiger partial charge in [0.25, 0.3) is 0 Å². The first-order chi connectivity index (χ1) is 31.2. The number of ether oxygens (including phenoxy) is 2. The molecule has 65 heavy (non-hydrogen) atoms. The highest BCUT2D eigenvalue weighted by atomic mass is 16.5. The molecule has 4 amide bonds. The molecule has 340 valence electrons. The topological polar surface area (TPSA) is 152 Å². The summed E-state index contributed by atoms with van der Waals surface area (Å²) in [4.78, 5) is 68.9. The van der Waals surface area contributed by atoms with E-state index in [4.69, 9.17) is 9.47 Å². The summed E-state index contributed by atoms with van der Waals surface area (Å²) in [6.45, 7) is 9.88. The van der Waals surface area contributed by atoms with Crippen LogP contribution in [0.4, 0.5) is 4.79 Å². The molecule has 0 saturated carbocycles. The summed E-state index contributed by atoms with van der Waals surface area (Å²) in [5, 5.41) is 12.0. The maximum atomic E-state index is 14.5. The number of hydrogen-bond donors (Lipinski definition) is 4. The minimum atomic E-state index is -1.11.